The number of rotatable bonds is 12. The molecule has 2 heterocycles. The van der Waals surface area contributed by atoms with Gasteiger partial charge in [0.1, 0.15) is 25.4 Å². The molecule has 2 aliphatic heterocycles. The van der Waals surface area contributed by atoms with Crippen LogP contribution in [0.3, 0.4) is 0 Å². The van der Waals surface area contributed by atoms with Gasteiger partial charge in [-0.15, -0.1) is 13.2 Å². The molecule has 2 aliphatic rings. The Morgan fingerprint density at radius 3 is 1.94 bits per heavy atom. The van der Waals surface area contributed by atoms with Crippen molar-refractivity contribution in [3.63, 3.8) is 0 Å². The molecule has 6 heteroatoms. The van der Waals surface area contributed by atoms with Crippen molar-refractivity contribution < 1.29 is 28.8 Å². The Bertz CT molecular complexity index is 959. The number of phenolic OH excluding ortho intramolecular Hbond substituents is 1. The van der Waals surface area contributed by atoms with Gasteiger partial charge in [0, 0.05) is 11.1 Å². The first-order valence-corrected chi connectivity index (χ1v) is 10.4. The first-order valence-electron chi connectivity index (χ1n) is 10.4. The molecule has 0 aromatic heterocycles. The molecule has 6 nitrogen and oxygen atoms in total. The van der Waals surface area contributed by atoms with Crippen molar-refractivity contribution in [1.82, 2.24) is 0 Å². The minimum Gasteiger partial charge on any atom is -0.504 e. The topological polar surface area (TPSA) is 73.0 Å². The van der Waals surface area contributed by atoms with Crippen molar-refractivity contribution >= 4 is 0 Å². The minimum absolute atomic E-state index is 0.0597. The number of phenols is 1. The highest BCUT2D eigenvalue weighted by Crippen LogP contribution is 2.47. The second kappa shape index (κ2) is 9.45. The van der Waals surface area contributed by atoms with Crippen LogP contribution in [0.25, 0.3) is 11.1 Å². The molecule has 0 bridgehead atoms. The Morgan fingerprint density at radius 2 is 1.42 bits per heavy atom. The van der Waals surface area contributed by atoms with E-state index in [1.165, 1.54) is 0 Å². The molecule has 2 saturated heterocycles. The Labute approximate surface area is 182 Å². The van der Waals surface area contributed by atoms with Crippen molar-refractivity contribution in [2.75, 3.05) is 33.5 Å². The van der Waals surface area contributed by atoms with Crippen molar-refractivity contribution in [2.45, 2.75) is 25.0 Å². The zero-order chi connectivity index (χ0) is 21.8. The smallest absolute Gasteiger partial charge is 0.169 e. The number of aromatic hydroxyl groups is 1. The number of hydrogen-bond donors (Lipinski definition) is 1. The van der Waals surface area contributed by atoms with Crippen LogP contribution in [-0.4, -0.2) is 50.9 Å². The van der Waals surface area contributed by atoms with Gasteiger partial charge in [0.05, 0.1) is 20.3 Å². The summed E-state index contributed by atoms with van der Waals surface area (Å²) in [4.78, 5) is 0. The maximum Gasteiger partial charge on any atom is 0.169 e. The maximum absolute atomic E-state index is 10.8. The SMILES string of the molecule is C=CCc1cc(O)c(OCC2CO2)c(-c2cc(CC=C)cc(OC)c2OCC2CO2)c1. The molecule has 31 heavy (non-hydrogen) atoms. The molecule has 0 spiro atoms. The third kappa shape index (κ3) is 5.21. The quantitative estimate of drug-likeness (QED) is 0.409. The molecule has 2 aromatic carbocycles. The van der Waals surface area contributed by atoms with Gasteiger partial charge in [-0.3, -0.25) is 0 Å². The Balaban J connectivity index is 1.84. The van der Waals surface area contributed by atoms with E-state index < -0.39 is 0 Å². The van der Waals surface area contributed by atoms with E-state index in [2.05, 4.69) is 13.2 Å². The molecular formula is C25H28O6. The first kappa shape index (κ1) is 21.3. The van der Waals surface area contributed by atoms with Crippen LogP contribution in [0.1, 0.15) is 11.1 Å². The van der Waals surface area contributed by atoms with Crippen molar-refractivity contribution in [2.24, 2.45) is 0 Å². The van der Waals surface area contributed by atoms with Crippen LogP contribution in [0.15, 0.2) is 49.6 Å². The predicted molar refractivity (Wildman–Crippen MR) is 118 cm³/mol. The fourth-order valence-corrected chi connectivity index (χ4v) is 3.43. The standard InChI is InChI=1S/C25H28O6/c1-4-6-16-8-20(24(22(26)10-16)30-14-18-12-28-18)21-9-17(7-5-2)11-23(27-3)25(21)31-15-19-13-29-19/h4-5,8-11,18-19,26H,1-2,6-7,12-15H2,3H3. The fraction of sp³-hybridized carbons (Fsp3) is 0.360. The van der Waals surface area contributed by atoms with Gasteiger partial charge in [-0.25, -0.2) is 0 Å². The number of allylic oxidation sites excluding steroid dienone is 2. The summed E-state index contributed by atoms with van der Waals surface area (Å²) in [5.41, 5.74) is 3.45. The summed E-state index contributed by atoms with van der Waals surface area (Å²) in [6.45, 7) is 9.83. The van der Waals surface area contributed by atoms with Gasteiger partial charge >= 0.3 is 0 Å². The molecule has 0 saturated carbocycles. The minimum atomic E-state index is 0.0597. The van der Waals surface area contributed by atoms with Gasteiger partial charge in [-0.05, 0) is 48.2 Å². The number of hydrogen-bond acceptors (Lipinski definition) is 6. The lowest BCUT2D eigenvalue weighted by molar-refractivity contribution is 0.250. The molecule has 2 unspecified atom stereocenters. The van der Waals surface area contributed by atoms with E-state index in [4.69, 9.17) is 23.7 Å². The second-order valence-corrected chi connectivity index (χ2v) is 7.68. The number of epoxide rings is 2. The summed E-state index contributed by atoms with van der Waals surface area (Å²) in [6, 6.07) is 7.68. The summed E-state index contributed by atoms with van der Waals surface area (Å²) < 4.78 is 28.4. The number of ether oxygens (including phenoxy) is 5. The van der Waals surface area contributed by atoms with Gasteiger partial charge in [0.2, 0.25) is 0 Å². The zero-order valence-electron chi connectivity index (χ0n) is 17.8. The van der Waals surface area contributed by atoms with E-state index in [0.717, 1.165) is 22.3 Å². The summed E-state index contributed by atoms with van der Waals surface area (Å²) in [5.74, 6) is 1.67. The molecule has 0 radical (unpaired) electrons. The fourth-order valence-electron chi connectivity index (χ4n) is 3.43. The van der Waals surface area contributed by atoms with E-state index in [1.54, 1.807) is 19.3 Å². The van der Waals surface area contributed by atoms with E-state index in [-0.39, 0.29) is 18.0 Å². The summed E-state index contributed by atoms with van der Waals surface area (Å²) in [5, 5.41) is 10.8. The largest absolute Gasteiger partial charge is 0.504 e. The molecule has 4 rings (SSSR count). The Hall–Kier alpha value is -2.96. The monoisotopic (exact) mass is 424 g/mol. The lowest BCUT2D eigenvalue weighted by Gasteiger charge is -2.20. The summed E-state index contributed by atoms with van der Waals surface area (Å²) in [7, 11) is 1.62. The highest BCUT2D eigenvalue weighted by molar-refractivity contribution is 5.82. The highest BCUT2D eigenvalue weighted by Gasteiger charge is 2.28. The molecular weight excluding hydrogens is 396 g/mol. The van der Waals surface area contributed by atoms with E-state index in [1.807, 2.05) is 24.3 Å². The molecule has 1 N–H and O–H groups in total. The van der Waals surface area contributed by atoms with Crippen LogP contribution in [-0.2, 0) is 22.3 Å². The van der Waals surface area contributed by atoms with Gasteiger partial charge in [0.25, 0.3) is 0 Å². The van der Waals surface area contributed by atoms with Gasteiger partial charge < -0.3 is 28.8 Å². The highest BCUT2D eigenvalue weighted by atomic mass is 16.6. The van der Waals surface area contributed by atoms with E-state index >= 15 is 0 Å². The molecule has 0 amide bonds. The van der Waals surface area contributed by atoms with Gasteiger partial charge in [-0.2, -0.15) is 0 Å². The average Bonchev–Trinajstić information content (AvgIpc) is 3.67. The van der Waals surface area contributed by atoms with Crippen molar-refractivity contribution in [1.29, 1.82) is 0 Å². The van der Waals surface area contributed by atoms with Crippen LogP contribution in [0.5, 0.6) is 23.0 Å². The van der Waals surface area contributed by atoms with Crippen molar-refractivity contribution in [3.05, 3.63) is 60.7 Å². The molecule has 2 fully saturated rings. The van der Waals surface area contributed by atoms with E-state index in [9.17, 15) is 5.11 Å². The third-order valence-electron chi connectivity index (χ3n) is 5.15. The van der Waals surface area contributed by atoms with Crippen LogP contribution < -0.4 is 14.2 Å². The van der Waals surface area contributed by atoms with Crippen LogP contribution >= 0.6 is 0 Å². The Kier molecular flexibility index (Phi) is 6.49. The van der Waals surface area contributed by atoms with Gasteiger partial charge in [-0.1, -0.05) is 12.2 Å². The molecule has 2 aromatic rings. The first-order chi connectivity index (χ1) is 15.1. The normalized spacial score (nSPS) is 18.9. The van der Waals surface area contributed by atoms with E-state index in [0.29, 0.717) is 56.5 Å². The third-order valence-corrected chi connectivity index (χ3v) is 5.15. The molecule has 164 valence electrons. The van der Waals surface area contributed by atoms with Crippen LogP contribution in [0.4, 0.5) is 0 Å². The molecule has 0 aliphatic carbocycles. The van der Waals surface area contributed by atoms with Crippen LogP contribution in [0.2, 0.25) is 0 Å². The zero-order valence-corrected chi connectivity index (χ0v) is 17.8. The number of benzene rings is 2. The van der Waals surface area contributed by atoms with Crippen molar-refractivity contribution in [3.8, 4) is 34.1 Å². The average molecular weight is 424 g/mol. The second-order valence-electron chi connectivity index (χ2n) is 7.68. The number of methoxy groups -OCH3 is 1. The molecule has 2 atom stereocenters. The lowest BCUT2D eigenvalue weighted by Crippen LogP contribution is -2.08. The predicted octanol–water partition coefficient (Wildman–Crippen LogP) is 4.08. The summed E-state index contributed by atoms with van der Waals surface area (Å²) in [6.07, 6.45) is 5.07. The Morgan fingerprint density at radius 1 is 0.903 bits per heavy atom. The summed E-state index contributed by atoms with van der Waals surface area (Å²) >= 11 is 0. The lowest BCUT2D eigenvalue weighted by atomic mass is 9.96. The van der Waals surface area contributed by atoms with Crippen LogP contribution in [0, 0.1) is 0 Å². The maximum atomic E-state index is 10.8. The van der Waals surface area contributed by atoms with Gasteiger partial charge in [0.15, 0.2) is 23.0 Å².